The lowest BCUT2D eigenvalue weighted by molar-refractivity contribution is 0.594. The summed E-state index contributed by atoms with van der Waals surface area (Å²) in [5.74, 6) is -0.346. The number of sulfone groups is 1. The van der Waals surface area contributed by atoms with Gasteiger partial charge in [0.25, 0.3) is 0 Å². The molecule has 3 rings (SSSR count). The fourth-order valence-electron chi connectivity index (χ4n) is 2.56. The molecular formula is C19H17Cl2NO2S2. The first-order valence-electron chi connectivity index (χ1n) is 8.05. The van der Waals surface area contributed by atoms with Crippen LogP contribution in [0.3, 0.4) is 0 Å². The molecule has 0 radical (unpaired) electrons. The largest absolute Gasteiger partial charge is 0.240 e. The topological polar surface area (TPSA) is 47.0 Å². The van der Waals surface area contributed by atoms with Crippen LogP contribution in [0.25, 0.3) is 10.6 Å². The van der Waals surface area contributed by atoms with Gasteiger partial charge >= 0.3 is 0 Å². The van der Waals surface area contributed by atoms with Crippen molar-refractivity contribution in [3.8, 4) is 10.6 Å². The number of aryl methyl sites for hydroxylation is 1. The van der Waals surface area contributed by atoms with E-state index in [0.717, 1.165) is 17.0 Å². The van der Waals surface area contributed by atoms with E-state index in [9.17, 15) is 8.42 Å². The Bertz CT molecular complexity index is 992. The SMILES string of the molecule is CCc1ccc(-c2nc(CS(=O)(=O)Cc3c(Cl)cccc3Cl)cs2)cc1. The number of hydrogen-bond donors (Lipinski definition) is 0. The number of hydrogen-bond acceptors (Lipinski definition) is 4. The maximum atomic E-state index is 12.6. The van der Waals surface area contributed by atoms with Crippen LogP contribution < -0.4 is 0 Å². The third-order valence-corrected chi connectivity index (χ3v) is 7.07. The van der Waals surface area contributed by atoms with E-state index < -0.39 is 9.84 Å². The number of nitrogens with zero attached hydrogens (tertiary/aromatic N) is 1. The predicted octanol–water partition coefficient (Wildman–Crippen LogP) is 5.79. The average Bonchev–Trinajstić information content (AvgIpc) is 3.06. The highest BCUT2D eigenvalue weighted by Crippen LogP contribution is 2.29. The molecule has 1 aromatic heterocycles. The quantitative estimate of drug-likeness (QED) is 0.501. The van der Waals surface area contributed by atoms with Crippen molar-refractivity contribution in [1.29, 1.82) is 0 Å². The van der Waals surface area contributed by atoms with Gasteiger partial charge < -0.3 is 0 Å². The Labute approximate surface area is 167 Å². The molecule has 0 aliphatic heterocycles. The van der Waals surface area contributed by atoms with Crippen molar-refractivity contribution < 1.29 is 8.42 Å². The second kappa shape index (κ2) is 8.09. The van der Waals surface area contributed by atoms with Gasteiger partial charge in [0, 0.05) is 26.6 Å². The molecular weight excluding hydrogens is 409 g/mol. The Morgan fingerprint density at radius 2 is 1.65 bits per heavy atom. The molecule has 0 unspecified atom stereocenters. The second-order valence-corrected chi connectivity index (χ2v) is 9.66. The van der Waals surface area contributed by atoms with Gasteiger partial charge in [0.1, 0.15) is 5.01 Å². The van der Waals surface area contributed by atoms with Crippen molar-refractivity contribution >= 4 is 44.4 Å². The summed E-state index contributed by atoms with van der Waals surface area (Å²) in [6.07, 6.45) is 0.978. The van der Waals surface area contributed by atoms with Crippen molar-refractivity contribution in [1.82, 2.24) is 4.98 Å². The van der Waals surface area contributed by atoms with E-state index in [1.54, 1.807) is 23.6 Å². The van der Waals surface area contributed by atoms with Gasteiger partial charge in [0.2, 0.25) is 0 Å². The van der Waals surface area contributed by atoms with Gasteiger partial charge in [-0.2, -0.15) is 0 Å². The molecule has 3 aromatic rings. The minimum atomic E-state index is -3.44. The van der Waals surface area contributed by atoms with E-state index in [-0.39, 0.29) is 11.5 Å². The van der Waals surface area contributed by atoms with Crippen LogP contribution in [0.2, 0.25) is 10.0 Å². The lowest BCUT2D eigenvalue weighted by Crippen LogP contribution is -2.08. The molecule has 0 saturated carbocycles. The van der Waals surface area contributed by atoms with Gasteiger partial charge in [-0.3, -0.25) is 0 Å². The Balaban J connectivity index is 1.77. The first kappa shape index (κ1) is 19.4. The third kappa shape index (κ3) is 4.65. The van der Waals surface area contributed by atoms with E-state index in [0.29, 0.717) is 21.3 Å². The van der Waals surface area contributed by atoms with E-state index >= 15 is 0 Å². The molecule has 7 heteroatoms. The summed E-state index contributed by atoms with van der Waals surface area (Å²) in [4.78, 5) is 4.48. The first-order chi connectivity index (χ1) is 12.4. The van der Waals surface area contributed by atoms with E-state index in [1.807, 2.05) is 12.1 Å². The maximum Gasteiger partial charge on any atom is 0.160 e. The zero-order chi connectivity index (χ0) is 18.7. The normalized spacial score (nSPS) is 11.7. The molecule has 0 atom stereocenters. The van der Waals surface area contributed by atoms with Crippen LogP contribution in [0.5, 0.6) is 0 Å². The zero-order valence-electron chi connectivity index (χ0n) is 14.1. The molecule has 26 heavy (non-hydrogen) atoms. The number of aromatic nitrogens is 1. The van der Waals surface area contributed by atoms with Crippen LogP contribution in [0, 0.1) is 0 Å². The number of thiazole rings is 1. The number of halogens is 2. The fraction of sp³-hybridized carbons (Fsp3) is 0.211. The van der Waals surface area contributed by atoms with E-state index in [1.165, 1.54) is 16.9 Å². The predicted molar refractivity (Wildman–Crippen MR) is 110 cm³/mol. The summed E-state index contributed by atoms with van der Waals surface area (Å²) < 4.78 is 25.1. The highest BCUT2D eigenvalue weighted by molar-refractivity contribution is 7.89. The minimum absolute atomic E-state index is 0.141. The average molecular weight is 426 g/mol. The number of rotatable bonds is 6. The van der Waals surface area contributed by atoms with Crippen LogP contribution in [0.1, 0.15) is 23.7 Å². The van der Waals surface area contributed by atoms with Gasteiger partial charge in [0.15, 0.2) is 9.84 Å². The molecule has 3 nitrogen and oxygen atoms in total. The Hall–Kier alpha value is -1.40. The Kier molecular flexibility index (Phi) is 6.03. The molecule has 0 N–H and O–H groups in total. The molecule has 0 bridgehead atoms. The van der Waals surface area contributed by atoms with Crippen LogP contribution in [-0.2, 0) is 27.8 Å². The van der Waals surface area contributed by atoms with Crippen molar-refractivity contribution in [2.75, 3.05) is 0 Å². The smallest absolute Gasteiger partial charge is 0.160 e. The molecule has 0 aliphatic rings. The summed E-state index contributed by atoms with van der Waals surface area (Å²) in [7, 11) is -3.44. The van der Waals surface area contributed by atoms with Gasteiger partial charge in [-0.1, -0.05) is 60.5 Å². The monoisotopic (exact) mass is 425 g/mol. The summed E-state index contributed by atoms with van der Waals surface area (Å²) in [5, 5.41) is 3.31. The van der Waals surface area contributed by atoms with Gasteiger partial charge in [0.05, 0.1) is 17.2 Å². The van der Waals surface area contributed by atoms with Crippen molar-refractivity contribution in [3.63, 3.8) is 0 Å². The molecule has 1 heterocycles. The fourth-order valence-corrected chi connectivity index (χ4v) is 5.63. The lowest BCUT2D eigenvalue weighted by Gasteiger charge is -2.07. The molecule has 0 amide bonds. The standard InChI is InChI=1S/C19H17Cl2NO2S2/c1-2-13-6-8-14(9-7-13)19-22-15(10-25-19)11-26(23,24)12-16-17(20)4-3-5-18(16)21/h3-10H,2,11-12H2,1H3. The minimum Gasteiger partial charge on any atom is -0.240 e. The second-order valence-electron chi connectivity index (χ2n) is 5.93. The van der Waals surface area contributed by atoms with Crippen LogP contribution in [0.4, 0.5) is 0 Å². The van der Waals surface area contributed by atoms with Crippen LogP contribution in [0.15, 0.2) is 47.8 Å². The van der Waals surface area contributed by atoms with Crippen LogP contribution in [-0.4, -0.2) is 13.4 Å². The molecule has 2 aromatic carbocycles. The van der Waals surface area contributed by atoms with Crippen molar-refractivity contribution in [2.24, 2.45) is 0 Å². The third-order valence-electron chi connectivity index (χ3n) is 3.95. The zero-order valence-corrected chi connectivity index (χ0v) is 17.2. The summed E-state index contributed by atoms with van der Waals surface area (Å²) in [6.45, 7) is 2.10. The van der Waals surface area contributed by atoms with E-state index in [2.05, 4.69) is 24.0 Å². The van der Waals surface area contributed by atoms with Crippen molar-refractivity contribution in [2.45, 2.75) is 24.9 Å². The summed E-state index contributed by atoms with van der Waals surface area (Å²) >= 11 is 13.6. The van der Waals surface area contributed by atoms with Crippen LogP contribution >= 0.6 is 34.5 Å². The molecule has 0 spiro atoms. The molecule has 0 fully saturated rings. The van der Waals surface area contributed by atoms with E-state index in [4.69, 9.17) is 23.2 Å². The van der Waals surface area contributed by atoms with Gasteiger partial charge in [-0.25, -0.2) is 13.4 Å². The molecule has 0 aliphatic carbocycles. The summed E-state index contributed by atoms with van der Waals surface area (Å²) in [6, 6.07) is 13.1. The molecule has 0 saturated heterocycles. The highest BCUT2D eigenvalue weighted by atomic mass is 35.5. The van der Waals surface area contributed by atoms with Gasteiger partial charge in [-0.05, 0) is 24.1 Å². The summed E-state index contributed by atoms with van der Waals surface area (Å²) in [5.41, 5.74) is 3.21. The van der Waals surface area contributed by atoms with Gasteiger partial charge in [-0.15, -0.1) is 11.3 Å². The first-order valence-corrected chi connectivity index (χ1v) is 11.5. The molecule has 136 valence electrons. The number of benzene rings is 2. The van der Waals surface area contributed by atoms with Crippen molar-refractivity contribution in [3.05, 3.63) is 74.7 Å². The Morgan fingerprint density at radius 1 is 1.00 bits per heavy atom. The highest BCUT2D eigenvalue weighted by Gasteiger charge is 2.19. The maximum absolute atomic E-state index is 12.6. The Morgan fingerprint density at radius 3 is 2.27 bits per heavy atom. The lowest BCUT2D eigenvalue weighted by atomic mass is 10.1.